The molecule has 1 heterocycles. The van der Waals surface area contributed by atoms with Crippen LogP contribution < -0.4 is 0 Å². The molecule has 0 saturated carbocycles. The van der Waals surface area contributed by atoms with E-state index < -0.39 is 0 Å². The molecule has 1 radical (unpaired) electrons. The van der Waals surface area contributed by atoms with Gasteiger partial charge in [0.05, 0.1) is 0 Å². The zero-order valence-corrected chi connectivity index (χ0v) is 6.10. The first kappa shape index (κ1) is 7.18. The van der Waals surface area contributed by atoms with E-state index in [1.807, 2.05) is 21.6 Å². The predicted octanol–water partition coefficient (Wildman–Crippen LogP) is 1.89. The monoisotopic (exact) mass is 211 g/mol. The maximum absolute atomic E-state index is 2.16. The Bertz CT molecular complexity index is 46.8. The third kappa shape index (κ3) is 2.37. The Labute approximate surface area is 61.1 Å². The molecule has 3 heteroatoms. The predicted molar refractivity (Wildman–Crippen MR) is 29.2 cm³/mol. The molecule has 0 N–H and O–H groups in total. The molecule has 39 valence electrons. The first-order chi connectivity index (χ1) is 2.50. The molecule has 0 nitrogen and oxygen atoms in total. The fourth-order valence-corrected chi connectivity index (χ4v) is 1.77. The van der Waals surface area contributed by atoms with E-state index in [1.165, 1.54) is 5.75 Å². The van der Waals surface area contributed by atoms with Crippen molar-refractivity contribution >= 4 is 21.6 Å². The molecule has 0 saturated heterocycles. The minimum Gasteiger partial charge on any atom is -0.0854 e. The molecule has 0 aromatic heterocycles. The first-order valence-corrected chi connectivity index (χ1v) is 3.81. The summed E-state index contributed by atoms with van der Waals surface area (Å²) in [5.74, 6) is 1.20. The summed E-state index contributed by atoms with van der Waals surface area (Å²) in [5, 5.41) is 2.12. The van der Waals surface area contributed by atoms with E-state index in [-0.39, 0.29) is 22.4 Å². The van der Waals surface area contributed by atoms with Gasteiger partial charge in [-0.15, -0.1) is 0 Å². The van der Waals surface area contributed by atoms with Gasteiger partial charge in [0.25, 0.3) is 0 Å². The molecule has 1 aliphatic heterocycles. The second-order valence-electron chi connectivity index (χ2n) is 0.753. The minimum absolute atomic E-state index is 0. The van der Waals surface area contributed by atoms with Crippen molar-refractivity contribution in [3.05, 3.63) is 11.5 Å². The van der Waals surface area contributed by atoms with E-state index in [0.717, 1.165) is 0 Å². The van der Waals surface area contributed by atoms with E-state index in [4.69, 9.17) is 0 Å². The van der Waals surface area contributed by atoms with Crippen molar-refractivity contribution in [2.45, 2.75) is 0 Å². The summed E-state index contributed by atoms with van der Waals surface area (Å²) in [5.41, 5.74) is 0. The average Bonchev–Trinajstić information content (AvgIpc) is 1.76. The van der Waals surface area contributed by atoms with Gasteiger partial charge in [0, 0.05) is 28.1 Å². The summed E-state index contributed by atoms with van der Waals surface area (Å²) < 4.78 is 0. The molecule has 0 fully saturated rings. The zero-order chi connectivity index (χ0) is 3.54. The third-order valence-electron chi connectivity index (χ3n) is 0.384. The van der Waals surface area contributed by atoms with Crippen LogP contribution in [0.3, 0.4) is 0 Å². The summed E-state index contributed by atoms with van der Waals surface area (Å²) in [6.45, 7) is 0. The molecule has 0 atom stereocenters. The molecule has 0 aromatic carbocycles. The molecule has 0 aliphatic carbocycles. The molecule has 0 amide bonds. The SMILES string of the molecule is C1=CSSC1.[Ag]. The second kappa shape index (κ2) is 4.34. The van der Waals surface area contributed by atoms with E-state index in [2.05, 4.69) is 11.5 Å². The van der Waals surface area contributed by atoms with Crippen LogP contribution in [0.1, 0.15) is 0 Å². The molecule has 0 unspecified atom stereocenters. The zero-order valence-electron chi connectivity index (χ0n) is 2.98. The van der Waals surface area contributed by atoms with Crippen LogP contribution >= 0.6 is 21.6 Å². The van der Waals surface area contributed by atoms with Gasteiger partial charge in [0.1, 0.15) is 0 Å². The van der Waals surface area contributed by atoms with Gasteiger partial charge < -0.3 is 0 Å². The minimum atomic E-state index is 0. The topological polar surface area (TPSA) is 0 Å². The van der Waals surface area contributed by atoms with Crippen molar-refractivity contribution in [1.29, 1.82) is 0 Å². The first-order valence-electron chi connectivity index (χ1n) is 1.43. The van der Waals surface area contributed by atoms with Gasteiger partial charge in [-0.3, -0.25) is 0 Å². The van der Waals surface area contributed by atoms with Crippen LogP contribution in [0, 0.1) is 0 Å². The Kier molecular flexibility index (Phi) is 5.20. The summed E-state index contributed by atoms with van der Waals surface area (Å²) in [6, 6.07) is 0. The summed E-state index contributed by atoms with van der Waals surface area (Å²) in [4.78, 5) is 0. The van der Waals surface area contributed by atoms with Crippen molar-refractivity contribution in [3.63, 3.8) is 0 Å². The van der Waals surface area contributed by atoms with E-state index in [1.54, 1.807) is 0 Å². The molecule has 6 heavy (non-hydrogen) atoms. The second-order valence-corrected chi connectivity index (χ2v) is 3.07. The van der Waals surface area contributed by atoms with E-state index >= 15 is 0 Å². The number of rotatable bonds is 0. The van der Waals surface area contributed by atoms with Crippen LogP contribution in [0.2, 0.25) is 0 Å². The molecule has 0 bridgehead atoms. The molecule has 1 rings (SSSR count). The van der Waals surface area contributed by atoms with Crippen LogP contribution in [-0.4, -0.2) is 5.75 Å². The molecule has 0 aromatic rings. The van der Waals surface area contributed by atoms with Crippen molar-refractivity contribution < 1.29 is 22.4 Å². The van der Waals surface area contributed by atoms with Gasteiger partial charge in [-0.1, -0.05) is 27.7 Å². The van der Waals surface area contributed by atoms with Gasteiger partial charge >= 0.3 is 0 Å². The molecular formula is C3H4AgS2. The molecule has 1 aliphatic rings. The van der Waals surface area contributed by atoms with Crippen LogP contribution in [-0.2, 0) is 22.4 Å². The Hall–Kier alpha value is 1.18. The number of hydrogen-bond donors (Lipinski definition) is 0. The van der Waals surface area contributed by atoms with Crippen molar-refractivity contribution in [1.82, 2.24) is 0 Å². The third-order valence-corrected chi connectivity index (χ3v) is 2.30. The largest absolute Gasteiger partial charge is 0.0854 e. The Morgan fingerprint density at radius 1 is 1.50 bits per heavy atom. The van der Waals surface area contributed by atoms with Crippen LogP contribution in [0.4, 0.5) is 0 Å². The standard InChI is InChI=1S/C3H4S2.Ag/c1-2-4-5-3-1;/h1-2H,3H2;. The number of hydrogen-bond acceptors (Lipinski definition) is 2. The van der Waals surface area contributed by atoms with Crippen molar-refractivity contribution in [2.75, 3.05) is 5.75 Å². The normalized spacial score (nSPS) is 17.3. The summed E-state index contributed by atoms with van der Waals surface area (Å²) in [6.07, 6.45) is 2.16. The summed E-state index contributed by atoms with van der Waals surface area (Å²) in [7, 11) is 3.69. The Morgan fingerprint density at radius 3 is 2.50 bits per heavy atom. The van der Waals surface area contributed by atoms with Gasteiger partial charge in [-0.05, 0) is 5.41 Å². The fraction of sp³-hybridized carbons (Fsp3) is 0.333. The van der Waals surface area contributed by atoms with Crippen LogP contribution in [0.15, 0.2) is 11.5 Å². The maximum Gasteiger partial charge on any atom is 0.0229 e. The quantitative estimate of drug-likeness (QED) is 0.444. The van der Waals surface area contributed by atoms with Crippen molar-refractivity contribution in [3.8, 4) is 0 Å². The average molecular weight is 212 g/mol. The maximum atomic E-state index is 2.16. The van der Waals surface area contributed by atoms with Gasteiger partial charge in [0.2, 0.25) is 0 Å². The molecule has 0 spiro atoms. The Morgan fingerprint density at radius 2 is 2.33 bits per heavy atom. The van der Waals surface area contributed by atoms with Gasteiger partial charge in [0.15, 0.2) is 0 Å². The Balaban J connectivity index is 0.000000250. The summed E-state index contributed by atoms with van der Waals surface area (Å²) >= 11 is 0. The van der Waals surface area contributed by atoms with Gasteiger partial charge in [-0.25, -0.2) is 0 Å². The van der Waals surface area contributed by atoms with Gasteiger partial charge in [-0.2, -0.15) is 0 Å². The fourth-order valence-electron chi connectivity index (χ4n) is 0.196. The van der Waals surface area contributed by atoms with Crippen LogP contribution in [0.25, 0.3) is 0 Å². The smallest absolute Gasteiger partial charge is 0.0229 e. The van der Waals surface area contributed by atoms with Crippen molar-refractivity contribution in [2.24, 2.45) is 0 Å². The van der Waals surface area contributed by atoms with Crippen LogP contribution in [0.5, 0.6) is 0 Å². The van der Waals surface area contributed by atoms with E-state index in [9.17, 15) is 0 Å². The van der Waals surface area contributed by atoms with E-state index in [0.29, 0.717) is 0 Å². The molecular weight excluding hydrogens is 208 g/mol.